The standard InChI is InChI=1S/C26H36N4O5/c1-17-14-30(18(2)16-31)25(32)21-8-7-9-22(28(3)4)24(21)35-23(17)15-29(5)26(33)27-19-10-12-20(34-6)13-11-19/h7-13,17-18,23,31H,14-16H2,1-6H3,(H,27,33)/t17-,18-,23+/m1/s1. The lowest BCUT2D eigenvalue weighted by Crippen LogP contribution is -2.50. The highest BCUT2D eigenvalue weighted by Gasteiger charge is 2.35. The number of hydrogen-bond donors (Lipinski definition) is 2. The Kier molecular flexibility index (Phi) is 8.45. The molecule has 3 amide bonds. The summed E-state index contributed by atoms with van der Waals surface area (Å²) in [7, 11) is 7.09. The third-order valence-corrected chi connectivity index (χ3v) is 6.29. The van der Waals surface area contributed by atoms with Crippen LogP contribution in [0.5, 0.6) is 11.5 Å². The fourth-order valence-corrected chi connectivity index (χ4v) is 4.04. The minimum atomic E-state index is -0.386. The normalized spacial score (nSPS) is 18.5. The smallest absolute Gasteiger partial charge is 0.321 e. The van der Waals surface area contributed by atoms with Gasteiger partial charge in [-0.05, 0) is 43.3 Å². The summed E-state index contributed by atoms with van der Waals surface area (Å²) in [5.41, 5.74) is 1.87. The first kappa shape index (κ1) is 26.2. The number of nitrogens with one attached hydrogen (secondary N) is 1. The molecule has 2 aromatic carbocycles. The van der Waals surface area contributed by atoms with E-state index in [-0.39, 0.29) is 36.6 Å². The number of urea groups is 1. The number of methoxy groups -OCH3 is 1. The molecule has 3 atom stereocenters. The molecule has 0 aromatic heterocycles. The Morgan fingerprint density at radius 1 is 1.23 bits per heavy atom. The first-order valence-electron chi connectivity index (χ1n) is 11.7. The van der Waals surface area contributed by atoms with Crippen LogP contribution in [0.2, 0.25) is 0 Å². The van der Waals surface area contributed by atoms with Crippen LogP contribution in [0.1, 0.15) is 24.2 Å². The van der Waals surface area contributed by atoms with Crippen LogP contribution >= 0.6 is 0 Å². The minimum Gasteiger partial charge on any atom is -0.497 e. The van der Waals surface area contributed by atoms with Crippen LogP contribution in [0.3, 0.4) is 0 Å². The summed E-state index contributed by atoms with van der Waals surface area (Å²) in [4.78, 5) is 31.5. The summed E-state index contributed by atoms with van der Waals surface area (Å²) in [6.07, 6.45) is -0.386. The SMILES string of the molecule is COc1ccc(NC(=O)N(C)C[C@@H]2Oc3c(cccc3N(C)C)C(=O)N([C@H](C)CO)C[C@H]2C)cc1. The highest BCUT2D eigenvalue weighted by Crippen LogP contribution is 2.36. The van der Waals surface area contributed by atoms with E-state index in [9.17, 15) is 14.7 Å². The molecule has 0 saturated heterocycles. The lowest BCUT2D eigenvalue weighted by Gasteiger charge is -2.39. The summed E-state index contributed by atoms with van der Waals surface area (Å²) in [5.74, 6) is 0.909. The second kappa shape index (κ2) is 11.3. The molecule has 3 rings (SSSR count). The van der Waals surface area contributed by atoms with Crippen LogP contribution in [0.25, 0.3) is 0 Å². The topological polar surface area (TPSA) is 94.6 Å². The van der Waals surface area contributed by atoms with Crippen LogP contribution < -0.4 is 19.7 Å². The number of benzene rings is 2. The maximum atomic E-state index is 13.4. The van der Waals surface area contributed by atoms with Crippen LogP contribution in [-0.2, 0) is 0 Å². The molecular weight excluding hydrogens is 448 g/mol. The summed E-state index contributed by atoms with van der Waals surface area (Å²) in [6, 6.07) is 12.0. The van der Waals surface area contributed by atoms with Gasteiger partial charge in [0, 0.05) is 39.3 Å². The predicted octanol–water partition coefficient (Wildman–Crippen LogP) is 3.15. The molecule has 1 aliphatic rings. The van der Waals surface area contributed by atoms with Gasteiger partial charge in [-0.3, -0.25) is 4.79 Å². The number of anilines is 2. The maximum absolute atomic E-state index is 13.4. The minimum absolute atomic E-state index is 0.104. The zero-order valence-corrected chi connectivity index (χ0v) is 21.3. The largest absolute Gasteiger partial charge is 0.497 e. The van der Waals surface area contributed by atoms with Gasteiger partial charge < -0.3 is 34.6 Å². The molecular formula is C26H36N4O5. The zero-order chi connectivity index (χ0) is 25.7. The van der Waals surface area contributed by atoms with Crippen molar-refractivity contribution in [3.05, 3.63) is 48.0 Å². The number of amides is 3. The summed E-state index contributed by atoms with van der Waals surface area (Å²) in [6.45, 7) is 4.38. The quantitative estimate of drug-likeness (QED) is 0.627. The number of nitrogens with zero attached hydrogens (tertiary/aromatic N) is 3. The first-order valence-corrected chi connectivity index (χ1v) is 11.7. The number of likely N-dealkylation sites (N-methyl/N-ethyl adjacent to an activating group) is 1. The molecule has 0 aliphatic carbocycles. The number of rotatable bonds is 7. The number of aliphatic hydroxyl groups is 1. The molecule has 9 nitrogen and oxygen atoms in total. The van der Waals surface area contributed by atoms with E-state index >= 15 is 0 Å². The van der Waals surface area contributed by atoms with Crippen molar-refractivity contribution in [3.8, 4) is 11.5 Å². The van der Waals surface area contributed by atoms with E-state index in [2.05, 4.69) is 5.32 Å². The number of carbonyl (C=O) groups excluding carboxylic acids is 2. The number of ether oxygens (including phenoxy) is 2. The van der Waals surface area contributed by atoms with Crippen molar-refractivity contribution in [2.75, 3.05) is 58.2 Å². The van der Waals surface area contributed by atoms with Crippen LogP contribution in [0.4, 0.5) is 16.2 Å². The average Bonchev–Trinajstić information content (AvgIpc) is 2.85. The van der Waals surface area contributed by atoms with Crippen molar-refractivity contribution in [1.29, 1.82) is 0 Å². The lowest BCUT2D eigenvalue weighted by atomic mass is 9.99. The molecule has 0 bridgehead atoms. The monoisotopic (exact) mass is 484 g/mol. The van der Waals surface area contributed by atoms with Gasteiger partial charge in [-0.15, -0.1) is 0 Å². The fraction of sp³-hybridized carbons (Fsp3) is 0.462. The van der Waals surface area contributed by atoms with Crippen molar-refractivity contribution in [2.24, 2.45) is 5.92 Å². The Labute approximate surface area is 207 Å². The van der Waals surface area contributed by atoms with E-state index in [1.165, 1.54) is 0 Å². The van der Waals surface area contributed by atoms with Gasteiger partial charge in [-0.2, -0.15) is 0 Å². The van der Waals surface area contributed by atoms with E-state index in [0.717, 1.165) is 5.69 Å². The van der Waals surface area contributed by atoms with Crippen LogP contribution in [0.15, 0.2) is 42.5 Å². The number of hydrogen-bond acceptors (Lipinski definition) is 6. The predicted molar refractivity (Wildman–Crippen MR) is 137 cm³/mol. The Bertz CT molecular complexity index is 1030. The number of aliphatic hydroxyl groups excluding tert-OH is 1. The molecule has 0 radical (unpaired) electrons. The van der Waals surface area contributed by atoms with Crippen LogP contribution in [-0.4, -0.2) is 86.9 Å². The summed E-state index contributed by atoms with van der Waals surface area (Å²) >= 11 is 0. The van der Waals surface area contributed by atoms with Crippen molar-refractivity contribution < 1.29 is 24.2 Å². The van der Waals surface area contributed by atoms with Gasteiger partial charge in [-0.25, -0.2) is 4.79 Å². The van der Waals surface area contributed by atoms with E-state index in [1.54, 1.807) is 54.3 Å². The zero-order valence-electron chi connectivity index (χ0n) is 21.3. The van der Waals surface area contributed by atoms with Crippen LogP contribution in [0, 0.1) is 5.92 Å². The van der Waals surface area contributed by atoms with Crippen molar-refractivity contribution >= 4 is 23.3 Å². The first-order chi connectivity index (χ1) is 16.7. The van der Waals surface area contributed by atoms with Gasteiger partial charge in [0.1, 0.15) is 11.9 Å². The molecule has 35 heavy (non-hydrogen) atoms. The highest BCUT2D eigenvalue weighted by atomic mass is 16.5. The number of para-hydroxylation sites is 1. The summed E-state index contributed by atoms with van der Waals surface area (Å²) < 4.78 is 11.7. The molecule has 2 N–H and O–H groups in total. The van der Waals surface area contributed by atoms with E-state index < -0.39 is 0 Å². The molecule has 190 valence electrons. The van der Waals surface area contributed by atoms with Gasteiger partial charge in [0.25, 0.3) is 5.91 Å². The van der Waals surface area contributed by atoms with Gasteiger partial charge >= 0.3 is 6.03 Å². The molecule has 9 heteroatoms. The third-order valence-electron chi connectivity index (χ3n) is 6.29. The van der Waals surface area contributed by atoms with Gasteiger partial charge in [0.2, 0.25) is 0 Å². The lowest BCUT2D eigenvalue weighted by molar-refractivity contribution is 0.0372. The summed E-state index contributed by atoms with van der Waals surface area (Å²) in [5, 5.41) is 12.7. The van der Waals surface area contributed by atoms with Crippen molar-refractivity contribution in [1.82, 2.24) is 9.80 Å². The van der Waals surface area contributed by atoms with E-state index in [0.29, 0.717) is 35.8 Å². The van der Waals surface area contributed by atoms with Gasteiger partial charge in [0.15, 0.2) is 5.75 Å². The molecule has 2 aromatic rings. The Morgan fingerprint density at radius 2 is 1.91 bits per heavy atom. The third kappa shape index (κ3) is 5.97. The fourth-order valence-electron chi connectivity index (χ4n) is 4.04. The molecule has 0 unspecified atom stereocenters. The molecule has 1 heterocycles. The Balaban J connectivity index is 1.87. The highest BCUT2D eigenvalue weighted by molar-refractivity contribution is 5.99. The molecule has 1 aliphatic heterocycles. The number of carbonyl (C=O) groups is 2. The second-order valence-electron chi connectivity index (χ2n) is 9.21. The Morgan fingerprint density at radius 3 is 2.51 bits per heavy atom. The van der Waals surface area contributed by atoms with E-state index in [4.69, 9.17) is 9.47 Å². The van der Waals surface area contributed by atoms with Crippen molar-refractivity contribution in [2.45, 2.75) is 26.0 Å². The average molecular weight is 485 g/mol. The van der Waals surface area contributed by atoms with Crippen molar-refractivity contribution in [3.63, 3.8) is 0 Å². The molecule has 0 saturated carbocycles. The van der Waals surface area contributed by atoms with E-state index in [1.807, 2.05) is 45.0 Å². The molecule has 0 fully saturated rings. The number of fused-ring (bicyclic) bond motifs is 1. The second-order valence-corrected chi connectivity index (χ2v) is 9.21. The Hall–Kier alpha value is -3.46. The van der Waals surface area contributed by atoms with Gasteiger partial charge in [-0.1, -0.05) is 13.0 Å². The molecule has 0 spiro atoms. The van der Waals surface area contributed by atoms with Gasteiger partial charge in [0.05, 0.1) is 37.6 Å². The maximum Gasteiger partial charge on any atom is 0.321 e.